The Morgan fingerprint density at radius 1 is 1.13 bits per heavy atom. The Morgan fingerprint density at radius 2 is 1.90 bits per heavy atom. The van der Waals surface area contributed by atoms with Crippen LogP contribution >= 0.6 is 0 Å². The van der Waals surface area contributed by atoms with E-state index < -0.39 is 13.0 Å². The van der Waals surface area contributed by atoms with Gasteiger partial charge in [0, 0.05) is 44.5 Å². The van der Waals surface area contributed by atoms with Crippen LogP contribution in [0.1, 0.15) is 20.3 Å². The SMILES string of the molecule is CC(C)N1CCC(N2CCN(c3ccc4ncnc(OCC(F)F)c4c3)CC2)C1=O. The van der Waals surface area contributed by atoms with Gasteiger partial charge >= 0.3 is 0 Å². The van der Waals surface area contributed by atoms with E-state index in [1.165, 1.54) is 6.33 Å². The molecule has 1 aromatic heterocycles. The Labute approximate surface area is 174 Å². The molecule has 9 heteroatoms. The van der Waals surface area contributed by atoms with Crippen molar-refractivity contribution in [1.29, 1.82) is 0 Å². The van der Waals surface area contributed by atoms with Gasteiger partial charge in [0.05, 0.1) is 16.9 Å². The van der Waals surface area contributed by atoms with Crippen LogP contribution in [-0.4, -0.2) is 83.5 Å². The van der Waals surface area contributed by atoms with Crippen molar-refractivity contribution in [3.8, 4) is 5.88 Å². The zero-order chi connectivity index (χ0) is 21.3. The van der Waals surface area contributed by atoms with Crippen LogP contribution in [0.2, 0.25) is 0 Å². The second kappa shape index (κ2) is 8.67. The average Bonchev–Trinajstić information content (AvgIpc) is 3.13. The zero-order valence-corrected chi connectivity index (χ0v) is 17.3. The Morgan fingerprint density at radius 3 is 2.57 bits per heavy atom. The number of fused-ring (bicyclic) bond motifs is 1. The number of carbonyl (C=O) groups is 1. The molecule has 0 spiro atoms. The minimum absolute atomic E-state index is 0.0195. The van der Waals surface area contributed by atoms with Gasteiger partial charge in [-0.05, 0) is 38.5 Å². The summed E-state index contributed by atoms with van der Waals surface area (Å²) in [5, 5.41) is 0.622. The van der Waals surface area contributed by atoms with Gasteiger partial charge in [0.25, 0.3) is 6.43 Å². The van der Waals surface area contributed by atoms with Gasteiger partial charge in [-0.25, -0.2) is 18.7 Å². The summed E-state index contributed by atoms with van der Waals surface area (Å²) in [6.45, 7) is 7.43. The van der Waals surface area contributed by atoms with E-state index in [0.29, 0.717) is 10.9 Å². The Kier molecular flexibility index (Phi) is 5.99. The zero-order valence-electron chi connectivity index (χ0n) is 17.3. The van der Waals surface area contributed by atoms with Crippen molar-refractivity contribution in [2.45, 2.75) is 38.8 Å². The number of rotatable bonds is 6. The number of anilines is 1. The Hall–Kier alpha value is -2.55. The number of benzene rings is 1. The standard InChI is InChI=1S/C21H27F2N5O2/c1-14(2)28-6-5-18(21(28)29)27-9-7-26(8-10-27)15-3-4-17-16(11-15)20(25-13-24-17)30-12-19(22)23/h3-4,11,13-14,18-19H,5-10,12H2,1-2H3. The van der Waals surface area contributed by atoms with Gasteiger partial charge in [0.1, 0.15) is 6.33 Å². The number of halogens is 2. The lowest BCUT2D eigenvalue weighted by Gasteiger charge is -2.38. The van der Waals surface area contributed by atoms with Crippen LogP contribution in [0, 0.1) is 0 Å². The number of piperazine rings is 1. The fourth-order valence-electron chi connectivity index (χ4n) is 4.30. The van der Waals surface area contributed by atoms with Crippen LogP contribution in [-0.2, 0) is 4.79 Å². The summed E-state index contributed by atoms with van der Waals surface area (Å²) in [5.74, 6) is 0.410. The van der Waals surface area contributed by atoms with Crippen molar-refractivity contribution in [2.24, 2.45) is 0 Å². The van der Waals surface area contributed by atoms with Gasteiger partial charge in [0.15, 0.2) is 6.61 Å². The lowest BCUT2D eigenvalue weighted by atomic mass is 10.1. The van der Waals surface area contributed by atoms with E-state index in [0.717, 1.165) is 44.8 Å². The van der Waals surface area contributed by atoms with E-state index in [1.54, 1.807) is 0 Å². The lowest BCUT2D eigenvalue weighted by molar-refractivity contribution is -0.133. The van der Waals surface area contributed by atoms with Crippen LogP contribution < -0.4 is 9.64 Å². The van der Waals surface area contributed by atoms with Gasteiger partial charge in [-0.2, -0.15) is 0 Å². The largest absolute Gasteiger partial charge is 0.471 e. The molecule has 0 radical (unpaired) electrons. The van der Waals surface area contributed by atoms with Crippen molar-refractivity contribution < 1.29 is 18.3 Å². The molecule has 0 N–H and O–H groups in total. The molecule has 1 atom stereocenters. The molecule has 30 heavy (non-hydrogen) atoms. The van der Waals surface area contributed by atoms with Crippen molar-refractivity contribution in [2.75, 3.05) is 44.2 Å². The van der Waals surface area contributed by atoms with Crippen molar-refractivity contribution >= 4 is 22.5 Å². The molecule has 0 saturated carbocycles. The maximum atomic E-state index is 12.7. The molecule has 2 saturated heterocycles. The third kappa shape index (κ3) is 4.16. The second-order valence-corrected chi connectivity index (χ2v) is 8.04. The molecule has 0 aliphatic carbocycles. The number of alkyl halides is 2. The number of aromatic nitrogens is 2. The molecule has 2 aliphatic heterocycles. The van der Waals surface area contributed by atoms with E-state index in [1.807, 2.05) is 23.1 Å². The fourth-order valence-corrected chi connectivity index (χ4v) is 4.30. The minimum Gasteiger partial charge on any atom is -0.471 e. The molecule has 0 bridgehead atoms. The Bertz CT molecular complexity index is 902. The molecule has 2 fully saturated rings. The van der Waals surface area contributed by atoms with Crippen LogP contribution in [0.15, 0.2) is 24.5 Å². The predicted octanol–water partition coefficient (Wildman–Crippen LogP) is 2.41. The van der Waals surface area contributed by atoms with Gasteiger partial charge in [-0.1, -0.05) is 0 Å². The van der Waals surface area contributed by atoms with E-state index >= 15 is 0 Å². The summed E-state index contributed by atoms with van der Waals surface area (Å²) in [6.07, 6.45) is -0.355. The van der Waals surface area contributed by atoms with E-state index in [2.05, 4.69) is 33.6 Å². The smallest absolute Gasteiger partial charge is 0.272 e. The third-order valence-electron chi connectivity index (χ3n) is 5.88. The average molecular weight is 419 g/mol. The first kappa shape index (κ1) is 20.7. The first-order chi connectivity index (χ1) is 14.4. The van der Waals surface area contributed by atoms with Gasteiger partial charge < -0.3 is 14.5 Å². The number of hydrogen-bond donors (Lipinski definition) is 0. The van der Waals surface area contributed by atoms with Gasteiger partial charge in [0.2, 0.25) is 11.8 Å². The van der Waals surface area contributed by atoms with Crippen LogP contribution in [0.25, 0.3) is 10.9 Å². The summed E-state index contributed by atoms with van der Waals surface area (Å²) in [6, 6.07) is 5.95. The highest BCUT2D eigenvalue weighted by Gasteiger charge is 2.38. The molecule has 2 aromatic rings. The third-order valence-corrected chi connectivity index (χ3v) is 5.88. The summed E-state index contributed by atoms with van der Waals surface area (Å²) in [7, 11) is 0. The molecule has 7 nitrogen and oxygen atoms in total. The van der Waals surface area contributed by atoms with E-state index in [-0.39, 0.29) is 23.9 Å². The molecular formula is C21H27F2N5O2. The molecule has 4 rings (SSSR count). The normalized spacial score (nSPS) is 20.7. The highest BCUT2D eigenvalue weighted by molar-refractivity contribution is 5.87. The molecule has 1 amide bonds. The number of ether oxygens (including phenoxy) is 1. The lowest BCUT2D eigenvalue weighted by Crippen LogP contribution is -2.53. The monoisotopic (exact) mass is 419 g/mol. The quantitative estimate of drug-likeness (QED) is 0.717. The van der Waals surface area contributed by atoms with E-state index in [4.69, 9.17) is 4.74 Å². The number of carbonyl (C=O) groups excluding carboxylic acids is 1. The summed E-state index contributed by atoms with van der Waals surface area (Å²) in [4.78, 5) is 27.4. The minimum atomic E-state index is -2.56. The molecule has 3 heterocycles. The number of likely N-dealkylation sites (tertiary alicyclic amines) is 1. The van der Waals surface area contributed by atoms with Crippen LogP contribution in [0.3, 0.4) is 0 Å². The molecule has 162 valence electrons. The topological polar surface area (TPSA) is 61.8 Å². The number of hydrogen-bond acceptors (Lipinski definition) is 6. The number of nitrogens with zero attached hydrogens (tertiary/aromatic N) is 5. The van der Waals surface area contributed by atoms with Crippen molar-refractivity contribution in [3.63, 3.8) is 0 Å². The van der Waals surface area contributed by atoms with Crippen molar-refractivity contribution in [1.82, 2.24) is 19.8 Å². The summed E-state index contributed by atoms with van der Waals surface area (Å²) in [5.41, 5.74) is 1.63. The fraction of sp³-hybridized carbons (Fsp3) is 0.571. The molecule has 1 unspecified atom stereocenters. The predicted molar refractivity (Wildman–Crippen MR) is 110 cm³/mol. The van der Waals surface area contributed by atoms with Crippen molar-refractivity contribution in [3.05, 3.63) is 24.5 Å². The maximum Gasteiger partial charge on any atom is 0.272 e. The Balaban J connectivity index is 1.44. The number of amides is 1. The van der Waals surface area contributed by atoms with Gasteiger partial charge in [-0.3, -0.25) is 9.69 Å². The van der Waals surface area contributed by atoms with Crippen LogP contribution in [0.4, 0.5) is 14.5 Å². The molecular weight excluding hydrogens is 392 g/mol. The van der Waals surface area contributed by atoms with Gasteiger partial charge in [-0.15, -0.1) is 0 Å². The first-order valence-electron chi connectivity index (χ1n) is 10.4. The summed E-state index contributed by atoms with van der Waals surface area (Å²) < 4.78 is 30.3. The molecule has 2 aliphatic rings. The second-order valence-electron chi connectivity index (χ2n) is 8.04. The van der Waals surface area contributed by atoms with Crippen LogP contribution in [0.5, 0.6) is 5.88 Å². The maximum absolute atomic E-state index is 12.7. The first-order valence-corrected chi connectivity index (χ1v) is 10.4. The highest BCUT2D eigenvalue weighted by atomic mass is 19.3. The molecule has 1 aromatic carbocycles. The van der Waals surface area contributed by atoms with E-state index in [9.17, 15) is 13.6 Å². The highest BCUT2D eigenvalue weighted by Crippen LogP contribution is 2.28. The summed E-state index contributed by atoms with van der Waals surface area (Å²) >= 11 is 0.